The van der Waals surface area contributed by atoms with Crippen molar-refractivity contribution in [2.75, 3.05) is 20.2 Å². The van der Waals surface area contributed by atoms with Gasteiger partial charge in [-0.2, -0.15) is 0 Å². The van der Waals surface area contributed by atoms with Crippen molar-refractivity contribution in [3.63, 3.8) is 0 Å². The smallest absolute Gasteiger partial charge is 0.122 e. The van der Waals surface area contributed by atoms with E-state index in [1.165, 1.54) is 18.4 Å². The molecule has 0 aliphatic carbocycles. The molecule has 1 atom stereocenters. The monoisotopic (exact) mass is 233 g/mol. The van der Waals surface area contributed by atoms with Crippen LogP contribution in [0, 0.1) is 5.41 Å². The van der Waals surface area contributed by atoms with E-state index in [0.29, 0.717) is 11.3 Å². The molecule has 1 aromatic rings. The van der Waals surface area contributed by atoms with Crippen LogP contribution < -0.4 is 10.1 Å². The third-order valence-electron chi connectivity index (χ3n) is 3.65. The minimum atomic E-state index is 0.370. The fourth-order valence-electron chi connectivity index (χ4n) is 2.63. The van der Waals surface area contributed by atoms with Gasteiger partial charge in [0.25, 0.3) is 0 Å². The molecule has 1 unspecified atom stereocenters. The van der Waals surface area contributed by atoms with Crippen LogP contribution >= 0.6 is 0 Å². The normalized spacial score (nSPS) is 18.9. The lowest BCUT2D eigenvalue weighted by atomic mass is 9.78. The molecule has 0 fully saturated rings. The first-order chi connectivity index (χ1) is 8.12. The van der Waals surface area contributed by atoms with E-state index in [4.69, 9.17) is 4.74 Å². The largest absolute Gasteiger partial charge is 0.493 e. The van der Waals surface area contributed by atoms with Crippen LogP contribution in [0.25, 0.3) is 0 Å². The summed E-state index contributed by atoms with van der Waals surface area (Å²) >= 11 is 0. The molecular formula is C15H23NO. The topological polar surface area (TPSA) is 21.3 Å². The summed E-state index contributed by atoms with van der Waals surface area (Å²) in [6.45, 7) is 6.64. The second-order valence-corrected chi connectivity index (χ2v) is 5.77. The number of hydrogen-bond donors (Lipinski definition) is 1. The van der Waals surface area contributed by atoms with Gasteiger partial charge < -0.3 is 10.1 Å². The van der Waals surface area contributed by atoms with E-state index in [1.54, 1.807) is 0 Å². The lowest BCUT2D eigenvalue weighted by molar-refractivity contribution is 0.245. The average Bonchev–Trinajstić information content (AvgIpc) is 2.70. The van der Waals surface area contributed by atoms with Crippen molar-refractivity contribution in [2.45, 2.75) is 32.6 Å². The van der Waals surface area contributed by atoms with Gasteiger partial charge in [-0.05, 0) is 37.9 Å². The lowest BCUT2D eigenvalue weighted by Gasteiger charge is -2.27. The molecule has 1 heterocycles. The fourth-order valence-corrected chi connectivity index (χ4v) is 2.63. The molecular weight excluding hydrogens is 210 g/mol. The quantitative estimate of drug-likeness (QED) is 0.843. The second-order valence-electron chi connectivity index (χ2n) is 5.77. The number of fused-ring (bicyclic) bond motifs is 1. The molecule has 0 saturated heterocycles. The molecule has 2 heteroatoms. The van der Waals surface area contributed by atoms with Crippen LogP contribution in [-0.2, 0) is 0 Å². The number of nitrogens with one attached hydrogen (secondary N) is 1. The van der Waals surface area contributed by atoms with Gasteiger partial charge in [-0.3, -0.25) is 0 Å². The van der Waals surface area contributed by atoms with Gasteiger partial charge in [0.05, 0.1) is 6.61 Å². The molecule has 0 spiro atoms. The standard InChI is InChI=1S/C15H23NO/c1-15(2,8-9-16-3)10-12-11-17-14-7-5-4-6-13(12)14/h4-7,12,16H,8-11H2,1-3H3. The van der Waals surface area contributed by atoms with Gasteiger partial charge in [0.15, 0.2) is 0 Å². The summed E-state index contributed by atoms with van der Waals surface area (Å²) < 4.78 is 5.75. The zero-order chi connectivity index (χ0) is 12.3. The first-order valence-corrected chi connectivity index (χ1v) is 6.49. The Labute approximate surface area is 104 Å². The SMILES string of the molecule is CNCCC(C)(C)CC1COc2ccccc21. The second kappa shape index (κ2) is 5.09. The Bertz CT molecular complexity index is 373. The van der Waals surface area contributed by atoms with Crippen LogP contribution in [0.4, 0.5) is 0 Å². The molecule has 2 rings (SSSR count). The summed E-state index contributed by atoms with van der Waals surface area (Å²) in [7, 11) is 2.02. The third kappa shape index (κ3) is 3.01. The van der Waals surface area contributed by atoms with Gasteiger partial charge in [-0.25, -0.2) is 0 Å². The van der Waals surface area contributed by atoms with E-state index in [9.17, 15) is 0 Å². The first kappa shape index (κ1) is 12.4. The highest BCUT2D eigenvalue weighted by Gasteiger charge is 2.29. The third-order valence-corrected chi connectivity index (χ3v) is 3.65. The van der Waals surface area contributed by atoms with E-state index >= 15 is 0 Å². The summed E-state index contributed by atoms with van der Waals surface area (Å²) in [6, 6.07) is 8.45. The molecule has 0 aromatic heterocycles. The molecule has 1 N–H and O–H groups in total. The summed E-state index contributed by atoms with van der Waals surface area (Å²) in [5.41, 5.74) is 1.76. The Kier molecular flexibility index (Phi) is 3.72. The number of para-hydroxylation sites is 1. The molecule has 17 heavy (non-hydrogen) atoms. The molecule has 0 radical (unpaired) electrons. The summed E-state index contributed by atoms with van der Waals surface area (Å²) in [6.07, 6.45) is 2.41. The lowest BCUT2D eigenvalue weighted by Crippen LogP contribution is -2.22. The molecule has 94 valence electrons. The predicted molar refractivity (Wildman–Crippen MR) is 71.6 cm³/mol. The van der Waals surface area contributed by atoms with Crippen molar-refractivity contribution in [1.29, 1.82) is 0 Å². The minimum absolute atomic E-state index is 0.370. The number of rotatable bonds is 5. The van der Waals surface area contributed by atoms with Gasteiger partial charge in [0.2, 0.25) is 0 Å². The van der Waals surface area contributed by atoms with Gasteiger partial charge in [0.1, 0.15) is 5.75 Å². The Morgan fingerprint density at radius 2 is 2.12 bits per heavy atom. The van der Waals surface area contributed by atoms with E-state index in [1.807, 2.05) is 13.1 Å². The van der Waals surface area contributed by atoms with Crippen LogP contribution in [0.2, 0.25) is 0 Å². The van der Waals surface area contributed by atoms with Crippen LogP contribution in [0.5, 0.6) is 5.75 Å². The fraction of sp³-hybridized carbons (Fsp3) is 0.600. The van der Waals surface area contributed by atoms with E-state index in [0.717, 1.165) is 18.9 Å². The van der Waals surface area contributed by atoms with Crippen LogP contribution in [-0.4, -0.2) is 20.2 Å². The molecule has 0 bridgehead atoms. The molecule has 1 aromatic carbocycles. The maximum Gasteiger partial charge on any atom is 0.122 e. The van der Waals surface area contributed by atoms with Gasteiger partial charge >= 0.3 is 0 Å². The molecule has 2 nitrogen and oxygen atoms in total. The zero-order valence-corrected chi connectivity index (χ0v) is 11.1. The number of benzene rings is 1. The van der Waals surface area contributed by atoms with Crippen LogP contribution in [0.15, 0.2) is 24.3 Å². The van der Waals surface area contributed by atoms with E-state index < -0.39 is 0 Å². The van der Waals surface area contributed by atoms with Gasteiger partial charge in [-0.15, -0.1) is 0 Å². The summed E-state index contributed by atoms with van der Waals surface area (Å²) in [5, 5.41) is 3.24. The Morgan fingerprint density at radius 3 is 2.88 bits per heavy atom. The maximum atomic E-state index is 5.75. The van der Waals surface area contributed by atoms with Crippen molar-refractivity contribution in [3.8, 4) is 5.75 Å². The zero-order valence-electron chi connectivity index (χ0n) is 11.1. The minimum Gasteiger partial charge on any atom is -0.493 e. The number of hydrogen-bond acceptors (Lipinski definition) is 2. The van der Waals surface area contributed by atoms with Crippen molar-refractivity contribution in [3.05, 3.63) is 29.8 Å². The summed E-state index contributed by atoms with van der Waals surface area (Å²) in [5.74, 6) is 1.65. The van der Waals surface area contributed by atoms with Crippen LogP contribution in [0.1, 0.15) is 38.2 Å². The average molecular weight is 233 g/mol. The van der Waals surface area contributed by atoms with Crippen molar-refractivity contribution >= 4 is 0 Å². The van der Waals surface area contributed by atoms with Gasteiger partial charge in [0, 0.05) is 11.5 Å². The first-order valence-electron chi connectivity index (χ1n) is 6.49. The Balaban J connectivity index is 2.01. The van der Waals surface area contributed by atoms with Gasteiger partial charge in [-0.1, -0.05) is 32.0 Å². The molecule has 1 aliphatic heterocycles. The van der Waals surface area contributed by atoms with E-state index in [2.05, 4.69) is 37.4 Å². The highest BCUT2D eigenvalue weighted by atomic mass is 16.5. The summed E-state index contributed by atoms with van der Waals surface area (Å²) in [4.78, 5) is 0. The van der Waals surface area contributed by atoms with Crippen molar-refractivity contribution in [2.24, 2.45) is 5.41 Å². The highest BCUT2D eigenvalue weighted by Crippen LogP contribution is 2.41. The number of ether oxygens (including phenoxy) is 1. The Hall–Kier alpha value is -1.02. The van der Waals surface area contributed by atoms with Crippen molar-refractivity contribution < 1.29 is 4.74 Å². The van der Waals surface area contributed by atoms with E-state index in [-0.39, 0.29) is 0 Å². The predicted octanol–water partition coefficient (Wildman–Crippen LogP) is 3.19. The molecule has 0 saturated carbocycles. The van der Waals surface area contributed by atoms with Crippen molar-refractivity contribution in [1.82, 2.24) is 5.32 Å². The Morgan fingerprint density at radius 1 is 1.35 bits per heavy atom. The van der Waals surface area contributed by atoms with Crippen LogP contribution in [0.3, 0.4) is 0 Å². The maximum absolute atomic E-state index is 5.75. The molecule has 1 aliphatic rings. The highest BCUT2D eigenvalue weighted by molar-refractivity contribution is 5.39. The molecule has 0 amide bonds.